The molecule has 9 nitrogen and oxygen atoms in total. The number of rotatable bonds is 8. The monoisotopic (exact) mass is 465 g/mol. The molecule has 1 aromatic heterocycles. The zero-order valence-corrected chi connectivity index (χ0v) is 18.4. The first kappa shape index (κ1) is 23.6. The summed E-state index contributed by atoms with van der Waals surface area (Å²) in [5.41, 5.74) is 0.837. The number of hydrogen-bond donors (Lipinski definition) is 4. The fraction of sp³-hybridized carbons (Fsp3) is 0.320. The highest BCUT2D eigenvalue weighted by atomic mass is 16.6. The molecular weight excluding hydrogens is 438 g/mol. The number of aromatic amines is 1. The standard InChI is InChI=1S/C25H27N3O6/c29-20(26-15-18(16-7-3-1-4-8-16)17-9-5-2-6-10-17)12-11-19-22(31)23(32)24(34-19)28-14-13-21(30)27-25(28)33/h1-10,13-14,18-19,22-24,31-32H,11-12,15H2,(H,26,29)(H,27,30,33)/t19-,22-,23-,24-/m1/s1. The molecule has 0 bridgehead atoms. The van der Waals surface area contributed by atoms with Gasteiger partial charge in [-0.25, -0.2) is 4.79 Å². The first-order valence-electron chi connectivity index (χ1n) is 11.1. The van der Waals surface area contributed by atoms with Crippen LogP contribution in [0, 0.1) is 0 Å². The topological polar surface area (TPSA) is 134 Å². The van der Waals surface area contributed by atoms with Gasteiger partial charge in [-0.15, -0.1) is 0 Å². The third-order valence-corrected chi connectivity index (χ3v) is 6.03. The molecule has 0 radical (unpaired) electrons. The van der Waals surface area contributed by atoms with E-state index in [0.717, 1.165) is 21.8 Å². The number of aliphatic hydroxyl groups is 2. The molecule has 3 aromatic rings. The Morgan fingerprint density at radius 3 is 2.18 bits per heavy atom. The molecule has 0 unspecified atom stereocenters. The van der Waals surface area contributed by atoms with Gasteiger partial charge in [-0.3, -0.25) is 19.1 Å². The molecule has 4 atom stereocenters. The van der Waals surface area contributed by atoms with Gasteiger partial charge < -0.3 is 20.3 Å². The smallest absolute Gasteiger partial charge is 0.330 e. The van der Waals surface area contributed by atoms with E-state index in [1.165, 1.54) is 6.20 Å². The minimum absolute atomic E-state index is 0.0158. The van der Waals surface area contributed by atoms with Crippen molar-refractivity contribution in [3.8, 4) is 0 Å². The molecule has 1 saturated heterocycles. The van der Waals surface area contributed by atoms with Crippen LogP contribution in [0.25, 0.3) is 0 Å². The van der Waals surface area contributed by atoms with E-state index in [4.69, 9.17) is 4.74 Å². The molecule has 1 aliphatic heterocycles. The van der Waals surface area contributed by atoms with Crippen LogP contribution < -0.4 is 16.6 Å². The number of aromatic nitrogens is 2. The Balaban J connectivity index is 1.36. The fourth-order valence-electron chi connectivity index (χ4n) is 4.20. The van der Waals surface area contributed by atoms with Crippen molar-refractivity contribution in [2.45, 2.75) is 43.3 Å². The number of aliphatic hydroxyl groups excluding tert-OH is 2. The van der Waals surface area contributed by atoms with Crippen molar-refractivity contribution in [2.24, 2.45) is 0 Å². The van der Waals surface area contributed by atoms with Gasteiger partial charge in [0, 0.05) is 31.1 Å². The molecule has 1 fully saturated rings. The van der Waals surface area contributed by atoms with Crippen LogP contribution in [-0.2, 0) is 9.53 Å². The van der Waals surface area contributed by atoms with Crippen molar-refractivity contribution in [3.05, 3.63) is 105 Å². The van der Waals surface area contributed by atoms with Crippen LogP contribution >= 0.6 is 0 Å². The number of carbonyl (C=O) groups is 1. The zero-order valence-electron chi connectivity index (χ0n) is 18.4. The molecule has 178 valence electrons. The number of nitrogens with one attached hydrogen (secondary N) is 2. The largest absolute Gasteiger partial charge is 0.388 e. The number of carbonyl (C=O) groups excluding carboxylic acids is 1. The number of H-pyrrole nitrogens is 1. The second kappa shape index (κ2) is 10.6. The van der Waals surface area contributed by atoms with Crippen molar-refractivity contribution in [1.29, 1.82) is 0 Å². The summed E-state index contributed by atoms with van der Waals surface area (Å²) < 4.78 is 6.68. The summed E-state index contributed by atoms with van der Waals surface area (Å²) in [7, 11) is 0. The van der Waals surface area contributed by atoms with Crippen molar-refractivity contribution >= 4 is 5.91 Å². The number of nitrogens with zero attached hydrogens (tertiary/aromatic N) is 1. The second-order valence-electron chi connectivity index (χ2n) is 8.28. The minimum Gasteiger partial charge on any atom is -0.388 e. The molecule has 4 N–H and O–H groups in total. The summed E-state index contributed by atoms with van der Waals surface area (Å²) in [6.45, 7) is 0.402. The maximum atomic E-state index is 12.6. The third-order valence-electron chi connectivity index (χ3n) is 6.03. The van der Waals surface area contributed by atoms with E-state index in [1.54, 1.807) is 0 Å². The second-order valence-corrected chi connectivity index (χ2v) is 8.28. The van der Waals surface area contributed by atoms with Gasteiger partial charge in [-0.05, 0) is 17.5 Å². The minimum atomic E-state index is -1.38. The van der Waals surface area contributed by atoms with E-state index in [1.807, 2.05) is 60.7 Å². The summed E-state index contributed by atoms with van der Waals surface area (Å²) in [5, 5.41) is 23.7. The number of ether oxygens (including phenoxy) is 1. The van der Waals surface area contributed by atoms with Crippen molar-refractivity contribution in [3.63, 3.8) is 0 Å². The molecule has 0 aliphatic carbocycles. The van der Waals surface area contributed by atoms with Crippen molar-refractivity contribution < 1.29 is 19.7 Å². The lowest BCUT2D eigenvalue weighted by Gasteiger charge is -2.19. The average Bonchev–Trinajstić information content (AvgIpc) is 3.13. The SMILES string of the molecule is O=C(CC[C@H]1O[C@@H](n2ccc(=O)[nH]c2=O)[C@H](O)[C@@H]1O)NCC(c1ccccc1)c1ccccc1. The lowest BCUT2D eigenvalue weighted by atomic mass is 9.91. The number of amides is 1. The molecule has 0 saturated carbocycles. The quantitative estimate of drug-likeness (QED) is 0.390. The van der Waals surface area contributed by atoms with Crippen LogP contribution in [0.1, 0.15) is 36.1 Å². The highest BCUT2D eigenvalue weighted by Gasteiger charge is 2.43. The molecule has 0 spiro atoms. The molecule has 34 heavy (non-hydrogen) atoms. The summed E-state index contributed by atoms with van der Waals surface area (Å²) in [4.78, 5) is 38.0. The zero-order chi connectivity index (χ0) is 24.1. The Morgan fingerprint density at radius 2 is 1.59 bits per heavy atom. The van der Waals surface area contributed by atoms with E-state index < -0.39 is 35.8 Å². The number of benzene rings is 2. The summed E-state index contributed by atoms with van der Waals surface area (Å²) in [6.07, 6.45) is -3.24. The van der Waals surface area contributed by atoms with Gasteiger partial charge in [0.05, 0.1) is 6.10 Å². The van der Waals surface area contributed by atoms with Crippen LogP contribution in [-0.4, -0.2) is 50.5 Å². The van der Waals surface area contributed by atoms with Gasteiger partial charge in [-0.2, -0.15) is 0 Å². The molecule has 4 rings (SSSR count). The van der Waals surface area contributed by atoms with Crippen LogP contribution in [0.15, 0.2) is 82.5 Å². The first-order valence-corrected chi connectivity index (χ1v) is 11.1. The van der Waals surface area contributed by atoms with E-state index >= 15 is 0 Å². The predicted octanol–water partition coefficient (Wildman–Crippen LogP) is 0.884. The molecule has 1 aliphatic rings. The summed E-state index contributed by atoms with van der Waals surface area (Å²) >= 11 is 0. The van der Waals surface area contributed by atoms with Gasteiger partial charge in [0.15, 0.2) is 6.23 Å². The Morgan fingerprint density at radius 1 is 0.971 bits per heavy atom. The van der Waals surface area contributed by atoms with Crippen LogP contribution in [0.2, 0.25) is 0 Å². The normalized spacial score (nSPS) is 22.1. The van der Waals surface area contributed by atoms with Gasteiger partial charge >= 0.3 is 5.69 Å². The Bertz CT molecular complexity index is 1170. The highest BCUT2D eigenvalue weighted by molar-refractivity contribution is 5.76. The van der Waals surface area contributed by atoms with E-state index in [0.29, 0.717) is 6.54 Å². The van der Waals surface area contributed by atoms with E-state index in [2.05, 4.69) is 10.3 Å². The molecule has 9 heteroatoms. The van der Waals surface area contributed by atoms with Crippen LogP contribution in [0.3, 0.4) is 0 Å². The van der Waals surface area contributed by atoms with Gasteiger partial charge in [0.1, 0.15) is 12.2 Å². The Labute approximate surface area is 195 Å². The number of hydrogen-bond acceptors (Lipinski definition) is 6. The lowest BCUT2D eigenvalue weighted by molar-refractivity contribution is -0.122. The lowest BCUT2D eigenvalue weighted by Crippen LogP contribution is -2.37. The maximum absolute atomic E-state index is 12.6. The van der Waals surface area contributed by atoms with Crippen LogP contribution in [0.5, 0.6) is 0 Å². The molecule has 2 aromatic carbocycles. The van der Waals surface area contributed by atoms with Crippen molar-refractivity contribution in [2.75, 3.05) is 6.54 Å². The van der Waals surface area contributed by atoms with Crippen LogP contribution in [0.4, 0.5) is 0 Å². The Hall–Kier alpha value is -3.53. The maximum Gasteiger partial charge on any atom is 0.330 e. The van der Waals surface area contributed by atoms with Gasteiger partial charge in [0.2, 0.25) is 5.91 Å². The molecule has 2 heterocycles. The fourth-order valence-corrected chi connectivity index (χ4v) is 4.20. The van der Waals surface area contributed by atoms with E-state index in [-0.39, 0.29) is 24.7 Å². The Kier molecular flexibility index (Phi) is 7.36. The highest BCUT2D eigenvalue weighted by Crippen LogP contribution is 2.30. The molecular formula is C25H27N3O6. The predicted molar refractivity (Wildman–Crippen MR) is 124 cm³/mol. The van der Waals surface area contributed by atoms with Crippen molar-refractivity contribution in [1.82, 2.24) is 14.9 Å². The third kappa shape index (κ3) is 5.33. The first-order chi connectivity index (χ1) is 16.4. The summed E-state index contributed by atoms with van der Waals surface area (Å²) in [5.74, 6) is -0.232. The molecule has 1 amide bonds. The summed E-state index contributed by atoms with van der Waals surface area (Å²) in [6, 6.07) is 20.9. The van der Waals surface area contributed by atoms with E-state index in [9.17, 15) is 24.6 Å². The van der Waals surface area contributed by atoms with Gasteiger partial charge in [-0.1, -0.05) is 60.7 Å². The average molecular weight is 466 g/mol. The van der Waals surface area contributed by atoms with Gasteiger partial charge in [0.25, 0.3) is 5.56 Å².